The fourth-order valence-corrected chi connectivity index (χ4v) is 13.9. The number of nitrogens with zero attached hydrogens (tertiary/aromatic N) is 6. The number of thiazole rings is 1. The van der Waals surface area contributed by atoms with E-state index in [1.807, 2.05) is 87.5 Å². The summed E-state index contributed by atoms with van der Waals surface area (Å²) >= 11 is 1.62. The summed E-state index contributed by atoms with van der Waals surface area (Å²) in [4.78, 5) is 78.2. The molecule has 4 amide bonds. The van der Waals surface area contributed by atoms with Crippen LogP contribution in [-0.2, 0) is 19.1 Å². The van der Waals surface area contributed by atoms with Crippen molar-refractivity contribution >= 4 is 54.3 Å². The highest BCUT2D eigenvalue weighted by Crippen LogP contribution is 2.50. The molecule has 0 spiro atoms. The van der Waals surface area contributed by atoms with E-state index in [0.717, 1.165) is 50.9 Å². The Hall–Kier alpha value is -6.54. The van der Waals surface area contributed by atoms with E-state index in [9.17, 15) is 19.2 Å². The molecule has 4 aromatic heterocycles. The molecule has 2 fully saturated rings. The molecule has 17 nitrogen and oxygen atoms in total. The van der Waals surface area contributed by atoms with Crippen LogP contribution in [0.1, 0.15) is 107 Å². The molecule has 1 saturated heterocycles. The normalized spacial score (nSPS) is 18.4. The first-order valence-electron chi connectivity index (χ1n) is 24.4. The number of nitrogens with one attached hydrogen (secondary N) is 4. The first-order valence-corrected chi connectivity index (χ1v) is 28.6. The molecule has 2 aliphatic heterocycles. The highest BCUT2D eigenvalue weighted by Gasteiger charge is 2.46. The van der Waals surface area contributed by atoms with Crippen LogP contribution >= 0.6 is 11.3 Å². The Morgan fingerprint density at radius 1 is 0.901 bits per heavy atom. The maximum absolute atomic E-state index is 17.0. The lowest BCUT2D eigenvalue weighted by Crippen LogP contribution is -2.52. The quantitative estimate of drug-likeness (QED) is 0.0718. The van der Waals surface area contributed by atoms with Crippen LogP contribution in [0.2, 0.25) is 19.1 Å². The van der Waals surface area contributed by atoms with Gasteiger partial charge in [-0.3, -0.25) is 14.2 Å². The number of aromatic nitrogens is 6. The molecule has 0 bridgehead atoms. The van der Waals surface area contributed by atoms with Gasteiger partial charge >= 0.3 is 12.2 Å². The summed E-state index contributed by atoms with van der Waals surface area (Å²) in [6.45, 7) is 16.4. The van der Waals surface area contributed by atoms with Gasteiger partial charge < -0.3 is 44.6 Å². The van der Waals surface area contributed by atoms with Gasteiger partial charge in [-0.25, -0.2) is 28.9 Å². The van der Waals surface area contributed by atoms with Gasteiger partial charge in [-0.2, -0.15) is 0 Å². The summed E-state index contributed by atoms with van der Waals surface area (Å²) < 4.78 is 35.6. The lowest BCUT2D eigenvalue weighted by molar-refractivity contribution is -0.137. The number of alkyl carbamates (subject to hydrolysis) is 2. The van der Waals surface area contributed by atoms with Crippen molar-refractivity contribution in [3.05, 3.63) is 82.3 Å². The molecule has 0 unspecified atom stereocenters. The number of halogens is 1. The third-order valence-corrected chi connectivity index (χ3v) is 17.7. The zero-order valence-electron chi connectivity index (χ0n) is 41.9. The highest BCUT2D eigenvalue weighted by atomic mass is 32.1. The van der Waals surface area contributed by atoms with Crippen molar-refractivity contribution in [2.45, 2.75) is 116 Å². The topological polar surface area (TPSA) is 202 Å². The van der Waals surface area contributed by atoms with Crippen LogP contribution in [0.5, 0.6) is 5.75 Å². The number of aromatic amines is 2. The Labute approximate surface area is 417 Å². The van der Waals surface area contributed by atoms with E-state index in [2.05, 4.69) is 33.7 Å². The third-order valence-electron chi connectivity index (χ3n) is 13.9. The highest BCUT2D eigenvalue weighted by molar-refractivity contribution is 7.11. The Balaban J connectivity index is 1.05. The second kappa shape index (κ2) is 19.6. The van der Waals surface area contributed by atoms with E-state index in [-0.39, 0.29) is 29.7 Å². The number of methoxy groups -OCH3 is 2. The summed E-state index contributed by atoms with van der Waals surface area (Å²) in [5, 5.41) is 7.36. The minimum atomic E-state index is -1.90. The molecule has 6 aromatic rings. The van der Waals surface area contributed by atoms with Gasteiger partial charge in [0.2, 0.25) is 18.0 Å². The standard InChI is InChI=1S/C51H63FN10O7SSi/c1-11-16-60(47(63)42(26(2)3)58-50(65)67-7)28(6)44-53-21-34(56-44)30-14-15-36-32(17-30)19-37-41-33(52)18-31(20-39(41)69-49(62(36)37)40-23-55-46(70-40)29-12-13-29)35-22-54-45(57-35)38-24-71(9,10)25-61(38)48(64)43(27(4)5)59-51(66)68-8/h14-15,17-23,26-29,38,42-43,49H,11-13,16,24-25H2,1-10H3,(H,53,56)(H,54,57)(H,58,65)(H,59,66)/t28-,38-,42-,43-,49-/m0/s1. The van der Waals surface area contributed by atoms with E-state index in [1.165, 1.54) is 20.3 Å². The summed E-state index contributed by atoms with van der Waals surface area (Å²) in [7, 11) is 0.654. The number of rotatable bonds is 15. The molecule has 5 atom stereocenters. The molecule has 3 aliphatic rings. The number of ether oxygens (including phenoxy) is 3. The number of hydrogen-bond acceptors (Lipinski definition) is 11. The van der Waals surface area contributed by atoms with E-state index in [0.29, 0.717) is 65.0 Å². The van der Waals surface area contributed by atoms with E-state index in [1.54, 1.807) is 28.6 Å². The molecule has 6 heterocycles. The molecular formula is C51H63FN10O7SSi. The van der Waals surface area contributed by atoms with Gasteiger partial charge in [0.05, 0.1) is 84.8 Å². The van der Waals surface area contributed by atoms with E-state index in [4.69, 9.17) is 29.2 Å². The number of fused-ring (bicyclic) bond motifs is 5. The van der Waals surface area contributed by atoms with Crippen molar-refractivity contribution in [1.29, 1.82) is 0 Å². The molecule has 4 N–H and O–H groups in total. The second-order valence-electron chi connectivity index (χ2n) is 20.5. The number of carbonyl (C=O) groups is 4. The molecule has 2 aromatic carbocycles. The maximum atomic E-state index is 17.0. The minimum Gasteiger partial charge on any atom is -0.464 e. The first kappa shape index (κ1) is 49.4. The monoisotopic (exact) mass is 1010 g/mol. The lowest BCUT2D eigenvalue weighted by Gasteiger charge is -2.33. The molecule has 9 rings (SSSR count). The van der Waals surface area contributed by atoms with Gasteiger partial charge in [-0.05, 0) is 74.4 Å². The average Bonchev–Trinajstić information content (AvgIpc) is 3.85. The number of imidazole rings is 2. The summed E-state index contributed by atoms with van der Waals surface area (Å²) in [6, 6.07) is 9.78. The molecule has 20 heteroatoms. The van der Waals surface area contributed by atoms with Crippen LogP contribution < -0.4 is 15.4 Å². The number of benzene rings is 2. The minimum absolute atomic E-state index is 0.181. The van der Waals surface area contributed by atoms with Gasteiger partial charge in [0, 0.05) is 41.3 Å². The average molecular weight is 1010 g/mol. The molecular weight excluding hydrogens is 944 g/mol. The van der Waals surface area contributed by atoms with Crippen molar-refractivity contribution in [2.75, 3.05) is 26.9 Å². The predicted octanol–water partition coefficient (Wildman–Crippen LogP) is 9.69. The van der Waals surface area contributed by atoms with E-state index < -0.39 is 50.4 Å². The van der Waals surface area contributed by atoms with Gasteiger partial charge in [-0.15, -0.1) is 11.3 Å². The van der Waals surface area contributed by atoms with Gasteiger partial charge in [0.1, 0.15) is 35.3 Å². The number of carbonyl (C=O) groups excluding carboxylic acids is 4. The first-order chi connectivity index (χ1) is 33.9. The largest absolute Gasteiger partial charge is 0.464 e. The summed E-state index contributed by atoms with van der Waals surface area (Å²) in [6.07, 6.45) is 6.82. The predicted molar refractivity (Wildman–Crippen MR) is 271 cm³/mol. The zero-order chi connectivity index (χ0) is 50.6. The molecule has 1 aliphatic carbocycles. The maximum Gasteiger partial charge on any atom is 0.407 e. The Kier molecular flexibility index (Phi) is 13.6. The van der Waals surface area contributed by atoms with Crippen LogP contribution in [0.15, 0.2) is 55.0 Å². The van der Waals surface area contributed by atoms with Crippen molar-refractivity contribution in [1.82, 2.24) is 49.9 Å². The number of amides is 4. The number of H-pyrrole nitrogens is 2. The SMILES string of the molecule is CCCN(C(=O)[C@@H](NC(=O)OC)C(C)C)[C@@H](C)c1ncc(-c2ccc3c(c2)cc2n3[C@H](c3cnc(C4CC4)s3)Oc3cc(-c4cnc([C@@H]5C[Si](C)(C)CN5C(=O)[C@@H](NC(=O)OC)C(C)C)[nH]4)cc(F)c3-2)[nH]1. The van der Waals surface area contributed by atoms with Gasteiger partial charge in [0.25, 0.3) is 0 Å². The third kappa shape index (κ3) is 9.67. The Morgan fingerprint density at radius 2 is 1.59 bits per heavy atom. The van der Waals surface area contributed by atoms with Crippen LogP contribution in [0.25, 0.3) is 44.7 Å². The van der Waals surface area contributed by atoms with Crippen molar-refractivity contribution in [3.8, 4) is 39.5 Å². The number of hydrogen-bond donors (Lipinski definition) is 4. The van der Waals surface area contributed by atoms with E-state index >= 15 is 4.39 Å². The van der Waals surface area contributed by atoms with Gasteiger partial charge in [0.15, 0.2) is 0 Å². The fraction of sp³-hybridized carbons (Fsp3) is 0.471. The molecule has 71 heavy (non-hydrogen) atoms. The van der Waals surface area contributed by atoms with Crippen molar-refractivity contribution < 1.29 is 37.8 Å². The van der Waals surface area contributed by atoms with Crippen LogP contribution in [0, 0.1) is 17.7 Å². The van der Waals surface area contributed by atoms with Crippen LogP contribution in [0.4, 0.5) is 14.0 Å². The molecule has 0 radical (unpaired) electrons. The summed E-state index contributed by atoms with van der Waals surface area (Å²) in [5.41, 5.74) is 4.52. The Bertz CT molecular complexity index is 2990. The van der Waals surface area contributed by atoms with Crippen molar-refractivity contribution in [2.24, 2.45) is 11.8 Å². The van der Waals surface area contributed by atoms with Crippen molar-refractivity contribution in [3.63, 3.8) is 0 Å². The Morgan fingerprint density at radius 3 is 2.27 bits per heavy atom. The fourth-order valence-electron chi connectivity index (χ4n) is 9.95. The molecule has 376 valence electrons. The zero-order valence-corrected chi connectivity index (χ0v) is 43.7. The second-order valence-corrected chi connectivity index (χ2v) is 26.6. The van der Waals surface area contributed by atoms with Gasteiger partial charge in [-0.1, -0.05) is 53.8 Å². The lowest BCUT2D eigenvalue weighted by atomic mass is 10.0. The van der Waals surface area contributed by atoms with Crippen LogP contribution in [0.3, 0.4) is 0 Å². The molecule has 1 saturated carbocycles. The van der Waals surface area contributed by atoms with Crippen LogP contribution in [-0.4, -0.2) is 110 Å². The smallest absolute Gasteiger partial charge is 0.407 e. The summed E-state index contributed by atoms with van der Waals surface area (Å²) in [5.74, 6) is 0.737.